The predicted molar refractivity (Wildman–Crippen MR) is 76.5 cm³/mol. The Labute approximate surface area is 110 Å². The van der Waals surface area contributed by atoms with Gasteiger partial charge in [-0.3, -0.25) is 0 Å². The van der Waals surface area contributed by atoms with Crippen LogP contribution in [0.3, 0.4) is 0 Å². The van der Waals surface area contributed by atoms with Crippen molar-refractivity contribution in [1.29, 1.82) is 0 Å². The lowest BCUT2D eigenvalue weighted by atomic mass is 9.70. The highest BCUT2D eigenvalue weighted by atomic mass is 32.1. The van der Waals surface area contributed by atoms with E-state index in [-0.39, 0.29) is 0 Å². The van der Waals surface area contributed by atoms with Gasteiger partial charge in [-0.25, -0.2) is 0 Å². The molecule has 1 nitrogen and oxygen atoms in total. The van der Waals surface area contributed by atoms with E-state index in [0.29, 0.717) is 11.5 Å². The van der Waals surface area contributed by atoms with Gasteiger partial charge in [0.15, 0.2) is 0 Å². The van der Waals surface area contributed by atoms with E-state index in [4.69, 9.17) is 0 Å². The molecule has 0 saturated heterocycles. The quantitative estimate of drug-likeness (QED) is 0.841. The zero-order valence-electron chi connectivity index (χ0n) is 11.5. The summed E-state index contributed by atoms with van der Waals surface area (Å²) in [6.07, 6.45) is 4.05. The molecule has 2 heteroatoms. The molecule has 2 atom stereocenters. The Morgan fingerprint density at radius 1 is 1.47 bits per heavy atom. The third-order valence-corrected chi connectivity index (χ3v) is 5.21. The highest BCUT2D eigenvalue weighted by Crippen LogP contribution is 2.38. The van der Waals surface area contributed by atoms with Crippen LogP contribution < -0.4 is 5.32 Å². The molecule has 1 heterocycles. The summed E-state index contributed by atoms with van der Waals surface area (Å²) in [6, 6.07) is 2.93. The van der Waals surface area contributed by atoms with Gasteiger partial charge in [0, 0.05) is 17.5 Å². The molecule has 0 aliphatic heterocycles. The molecule has 0 amide bonds. The van der Waals surface area contributed by atoms with Gasteiger partial charge in [-0.05, 0) is 54.5 Å². The summed E-state index contributed by atoms with van der Waals surface area (Å²) >= 11 is 1.88. The molecule has 1 aromatic rings. The number of thiophene rings is 1. The Kier molecular flexibility index (Phi) is 3.94. The molecule has 96 valence electrons. The average molecular weight is 251 g/mol. The van der Waals surface area contributed by atoms with Gasteiger partial charge < -0.3 is 5.32 Å². The summed E-state index contributed by atoms with van der Waals surface area (Å²) in [5.74, 6) is 0.805. The van der Waals surface area contributed by atoms with Crippen molar-refractivity contribution < 1.29 is 0 Å². The van der Waals surface area contributed by atoms with Crippen molar-refractivity contribution in [2.24, 2.45) is 11.3 Å². The number of nitrogens with one attached hydrogen (secondary N) is 1. The minimum Gasteiger partial charge on any atom is -0.309 e. The molecule has 1 aliphatic carbocycles. The summed E-state index contributed by atoms with van der Waals surface area (Å²) in [7, 11) is 0. The maximum atomic E-state index is 3.76. The van der Waals surface area contributed by atoms with E-state index in [9.17, 15) is 0 Å². The SMILES string of the molecule is Cc1ccsc1CNC1CCC(C)(C)CC1C. The Balaban J connectivity index is 1.86. The van der Waals surface area contributed by atoms with Crippen molar-refractivity contribution >= 4 is 11.3 Å². The van der Waals surface area contributed by atoms with Crippen LogP contribution in [-0.2, 0) is 6.54 Å². The van der Waals surface area contributed by atoms with Gasteiger partial charge in [-0.15, -0.1) is 11.3 Å². The summed E-state index contributed by atoms with van der Waals surface area (Å²) in [5, 5.41) is 5.96. The molecule has 2 rings (SSSR count). The highest BCUT2D eigenvalue weighted by molar-refractivity contribution is 7.10. The largest absolute Gasteiger partial charge is 0.309 e. The van der Waals surface area contributed by atoms with Crippen LogP contribution in [-0.4, -0.2) is 6.04 Å². The zero-order chi connectivity index (χ0) is 12.5. The summed E-state index contributed by atoms with van der Waals surface area (Å²) < 4.78 is 0. The number of rotatable bonds is 3. The Bertz CT molecular complexity index is 367. The smallest absolute Gasteiger partial charge is 0.0305 e. The van der Waals surface area contributed by atoms with Crippen molar-refractivity contribution in [3.05, 3.63) is 21.9 Å². The third kappa shape index (κ3) is 3.32. The maximum absolute atomic E-state index is 3.76. The molecule has 0 spiro atoms. The highest BCUT2D eigenvalue weighted by Gasteiger charge is 2.31. The third-order valence-electron chi connectivity index (χ3n) is 4.19. The lowest BCUT2D eigenvalue weighted by Crippen LogP contribution is -2.41. The van der Waals surface area contributed by atoms with Crippen molar-refractivity contribution in [1.82, 2.24) is 5.32 Å². The Morgan fingerprint density at radius 3 is 2.82 bits per heavy atom. The first-order chi connectivity index (χ1) is 7.98. The second kappa shape index (κ2) is 5.11. The fourth-order valence-corrected chi connectivity index (χ4v) is 3.92. The van der Waals surface area contributed by atoms with Gasteiger partial charge in [-0.1, -0.05) is 20.8 Å². The minimum atomic E-state index is 0.552. The van der Waals surface area contributed by atoms with Gasteiger partial charge in [0.25, 0.3) is 0 Å². The lowest BCUT2D eigenvalue weighted by molar-refractivity contribution is 0.148. The first kappa shape index (κ1) is 13.1. The number of hydrogen-bond acceptors (Lipinski definition) is 2. The van der Waals surface area contributed by atoms with E-state index in [1.54, 1.807) is 0 Å². The predicted octanol–water partition coefficient (Wildman–Crippen LogP) is 4.36. The second-order valence-electron chi connectivity index (χ2n) is 6.40. The molecule has 1 saturated carbocycles. The van der Waals surface area contributed by atoms with Crippen LogP contribution in [0.2, 0.25) is 0 Å². The minimum absolute atomic E-state index is 0.552. The number of hydrogen-bond donors (Lipinski definition) is 1. The van der Waals surface area contributed by atoms with Gasteiger partial charge in [0.2, 0.25) is 0 Å². The van der Waals surface area contributed by atoms with Crippen molar-refractivity contribution in [2.45, 2.75) is 59.5 Å². The molecule has 1 N–H and O–H groups in total. The van der Waals surface area contributed by atoms with Crippen molar-refractivity contribution in [3.8, 4) is 0 Å². The normalized spacial score (nSPS) is 28.2. The van der Waals surface area contributed by atoms with Crippen LogP contribution >= 0.6 is 11.3 Å². The Morgan fingerprint density at radius 2 is 2.24 bits per heavy atom. The summed E-state index contributed by atoms with van der Waals surface area (Å²) in [5.41, 5.74) is 1.99. The van der Waals surface area contributed by atoms with E-state index in [2.05, 4.69) is 44.5 Å². The van der Waals surface area contributed by atoms with E-state index >= 15 is 0 Å². The van der Waals surface area contributed by atoms with Crippen LogP contribution in [0.4, 0.5) is 0 Å². The van der Waals surface area contributed by atoms with E-state index < -0.39 is 0 Å². The molecule has 2 unspecified atom stereocenters. The molecule has 0 radical (unpaired) electrons. The fourth-order valence-electron chi connectivity index (χ4n) is 3.06. The molecule has 1 aromatic heterocycles. The van der Waals surface area contributed by atoms with Gasteiger partial charge >= 0.3 is 0 Å². The molecular weight excluding hydrogens is 226 g/mol. The van der Waals surface area contributed by atoms with E-state index in [1.807, 2.05) is 11.3 Å². The van der Waals surface area contributed by atoms with Crippen molar-refractivity contribution in [3.63, 3.8) is 0 Å². The monoisotopic (exact) mass is 251 g/mol. The molecule has 0 bridgehead atoms. The van der Waals surface area contributed by atoms with Gasteiger partial charge in [-0.2, -0.15) is 0 Å². The van der Waals surface area contributed by atoms with E-state index in [1.165, 1.54) is 29.7 Å². The summed E-state index contributed by atoms with van der Waals surface area (Å²) in [4.78, 5) is 1.50. The second-order valence-corrected chi connectivity index (χ2v) is 7.40. The fraction of sp³-hybridized carbons (Fsp3) is 0.733. The lowest BCUT2D eigenvalue weighted by Gasteiger charge is -2.39. The number of aryl methyl sites for hydroxylation is 1. The molecule has 0 aromatic carbocycles. The topological polar surface area (TPSA) is 12.0 Å². The molecular formula is C15H25NS. The maximum Gasteiger partial charge on any atom is 0.0305 e. The van der Waals surface area contributed by atoms with Crippen molar-refractivity contribution in [2.75, 3.05) is 0 Å². The van der Waals surface area contributed by atoms with Crippen LogP contribution in [0.5, 0.6) is 0 Å². The van der Waals surface area contributed by atoms with Crippen LogP contribution in [0, 0.1) is 18.3 Å². The van der Waals surface area contributed by atoms with Crippen LogP contribution in [0.15, 0.2) is 11.4 Å². The van der Waals surface area contributed by atoms with E-state index in [0.717, 1.165) is 12.5 Å². The standard InChI is InChI=1S/C15H25NS/c1-11-6-8-17-14(11)10-16-13-5-7-15(3,4)9-12(13)2/h6,8,12-13,16H,5,7,9-10H2,1-4H3. The molecule has 17 heavy (non-hydrogen) atoms. The summed E-state index contributed by atoms with van der Waals surface area (Å²) in [6.45, 7) is 10.5. The first-order valence-electron chi connectivity index (χ1n) is 6.74. The average Bonchev–Trinajstić information content (AvgIpc) is 2.62. The molecule has 1 aliphatic rings. The first-order valence-corrected chi connectivity index (χ1v) is 7.62. The zero-order valence-corrected chi connectivity index (χ0v) is 12.4. The van der Waals surface area contributed by atoms with Gasteiger partial charge in [0.1, 0.15) is 0 Å². The molecule has 1 fully saturated rings. The van der Waals surface area contributed by atoms with Crippen LogP contribution in [0.1, 0.15) is 50.5 Å². The van der Waals surface area contributed by atoms with Gasteiger partial charge in [0.05, 0.1) is 0 Å². The Hall–Kier alpha value is -0.340. The van der Waals surface area contributed by atoms with Crippen LogP contribution in [0.25, 0.3) is 0 Å².